The number of nitrogens with zero attached hydrogens (tertiary/aromatic N) is 4. The van der Waals surface area contributed by atoms with Crippen molar-refractivity contribution in [3.63, 3.8) is 0 Å². The summed E-state index contributed by atoms with van der Waals surface area (Å²) in [6, 6.07) is 13.2. The maximum atomic E-state index is 13.3. The number of halogens is 4. The topological polar surface area (TPSA) is 100 Å². The normalized spacial score (nSPS) is 12.7. The average molecular weight is 548 g/mol. The van der Waals surface area contributed by atoms with Gasteiger partial charge in [0, 0.05) is 25.1 Å². The quantitative estimate of drug-likeness (QED) is 0.482. The van der Waals surface area contributed by atoms with Crippen LogP contribution in [-0.4, -0.2) is 40.2 Å². The summed E-state index contributed by atoms with van der Waals surface area (Å²) in [5, 5.41) is 12.0. The SMILES string of the molecule is CCOn1c(NCCc2ccc(C(F)(F)F)cc2)nc2c(c1=O)CN(C(=O)c1ccc(C#N)cc1)CC2.Cl. The first-order valence-electron chi connectivity index (χ1n) is 11.7. The zero-order chi connectivity index (χ0) is 26.6. The smallest absolute Gasteiger partial charge is 0.408 e. The van der Waals surface area contributed by atoms with Gasteiger partial charge in [0.05, 0.1) is 35.0 Å². The van der Waals surface area contributed by atoms with Gasteiger partial charge >= 0.3 is 6.18 Å². The van der Waals surface area contributed by atoms with Crippen LogP contribution in [0.2, 0.25) is 0 Å². The van der Waals surface area contributed by atoms with Gasteiger partial charge in [-0.2, -0.15) is 18.4 Å². The van der Waals surface area contributed by atoms with Crippen LogP contribution in [0.15, 0.2) is 53.3 Å². The molecule has 2 heterocycles. The molecular formula is C26H25ClF3N5O3. The van der Waals surface area contributed by atoms with E-state index in [2.05, 4.69) is 10.3 Å². The molecule has 200 valence electrons. The molecule has 1 aromatic heterocycles. The summed E-state index contributed by atoms with van der Waals surface area (Å²) in [5.74, 6) is -0.0550. The van der Waals surface area contributed by atoms with E-state index < -0.39 is 17.3 Å². The summed E-state index contributed by atoms with van der Waals surface area (Å²) in [7, 11) is 0. The predicted octanol–water partition coefficient (Wildman–Crippen LogP) is 3.86. The van der Waals surface area contributed by atoms with Crippen molar-refractivity contribution >= 4 is 24.3 Å². The lowest BCUT2D eigenvalue weighted by Crippen LogP contribution is -2.43. The summed E-state index contributed by atoms with van der Waals surface area (Å²) in [4.78, 5) is 37.8. The Kier molecular flexibility index (Phi) is 9.01. The number of benzene rings is 2. The minimum absolute atomic E-state index is 0. The van der Waals surface area contributed by atoms with Crippen molar-refractivity contribution < 1.29 is 22.8 Å². The number of rotatable bonds is 7. The molecular weight excluding hydrogens is 523 g/mol. The van der Waals surface area contributed by atoms with Crippen LogP contribution in [0.3, 0.4) is 0 Å². The van der Waals surface area contributed by atoms with E-state index in [-0.39, 0.29) is 37.4 Å². The van der Waals surface area contributed by atoms with E-state index >= 15 is 0 Å². The number of alkyl halides is 3. The van der Waals surface area contributed by atoms with Crippen LogP contribution < -0.4 is 15.7 Å². The van der Waals surface area contributed by atoms with Crippen LogP contribution >= 0.6 is 12.4 Å². The molecule has 38 heavy (non-hydrogen) atoms. The molecule has 0 bridgehead atoms. The average Bonchev–Trinajstić information content (AvgIpc) is 2.90. The fourth-order valence-electron chi connectivity index (χ4n) is 4.04. The molecule has 0 atom stereocenters. The van der Waals surface area contributed by atoms with Gasteiger partial charge in [-0.25, -0.2) is 4.98 Å². The number of anilines is 1. The summed E-state index contributed by atoms with van der Waals surface area (Å²) < 4.78 is 39.4. The number of carbonyl (C=O) groups is 1. The fourth-order valence-corrected chi connectivity index (χ4v) is 4.04. The summed E-state index contributed by atoms with van der Waals surface area (Å²) in [5.41, 5.74) is 1.33. The van der Waals surface area contributed by atoms with Gasteiger partial charge in [0.2, 0.25) is 5.95 Å². The number of hydrogen-bond acceptors (Lipinski definition) is 6. The van der Waals surface area contributed by atoms with Gasteiger partial charge in [0.1, 0.15) is 6.61 Å². The fraction of sp³-hybridized carbons (Fsp3) is 0.308. The van der Waals surface area contributed by atoms with Crippen molar-refractivity contribution in [2.75, 3.05) is 25.0 Å². The first-order chi connectivity index (χ1) is 17.7. The molecule has 1 aliphatic heterocycles. The third kappa shape index (κ3) is 6.26. The second-order valence-corrected chi connectivity index (χ2v) is 8.42. The van der Waals surface area contributed by atoms with E-state index in [1.165, 1.54) is 12.1 Å². The highest BCUT2D eigenvalue weighted by atomic mass is 35.5. The number of amides is 1. The molecule has 8 nitrogen and oxygen atoms in total. The molecule has 0 saturated carbocycles. The minimum atomic E-state index is -4.39. The Morgan fingerprint density at radius 2 is 1.84 bits per heavy atom. The van der Waals surface area contributed by atoms with Crippen molar-refractivity contribution in [1.82, 2.24) is 14.6 Å². The molecule has 1 aliphatic rings. The standard InChI is InChI=1S/C26H24F3N5O3.ClH/c1-2-37-34-24(36)21-16-33(23(35)19-7-3-18(15-30)4-8-19)14-12-22(21)32-25(34)31-13-11-17-5-9-20(10-6-17)26(27,28)29;/h3-10H,2,11-14,16H2,1H3,(H,31,32);1H. The van der Waals surface area contributed by atoms with Crippen LogP contribution in [0.1, 0.15) is 45.2 Å². The first-order valence-corrected chi connectivity index (χ1v) is 11.7. The van der Waals surface area contributed by atoms with Crippen LogP contribution in [0.25, 0.3) is 0 Å². The van der Waals surface area contributed by atoms with E-state index in [1.807, 2.05) is 6.07 Å². The Labute approximate surface area is 223 Å². The first kappa shape index (κ1) is 28.5. The lowest BCUT2D eigenvalue weighted by Gasteiger charge is -2.29. The van der Waals surface area contributed by atoms with E-state index in [9.17, 15) is 22.8 Å². The molecule has 0 aliphatic carbocycles. The number of fused-ring (bicyclic) bond motifs is 1. The number of nitriles is 1. The molecule has 1 N–H and O–H groups in total. The highest BCUT2D eigenvalue weighted by molar-refractivity contribution is 5.94. The minimum Gasteiger partial charge on any atom is -0.408 e. The van der Waals surface area contributed by atoms with Crippen molar-refractivity contribution in [1.29, 1.82) is 5.26 Å². The largest absolute Gasteiger partial charge is 0.416 e. The molecule has 4 rings (SSSR count). The van der Waals surface area contributed by atoms with E-state index in [0.29, 0.717) is 53.9 Å². The lowest BCUT2D eigenvalue weighted by molar-refractivity contribution is -0.137. The molecule has 1 amide bonds. The number of carbonyl (C=O) groups excluding carboxylic acids is 1. The van der Waals surface area contributed by atoms with Gasteiger partial charge in [-0.05, 0) is 55.3 Å². The third-order valence-corrected chi connectivity index (χ3v) is 5.98. The highest BCUT2D eigenvalue weighted by Crippen LogP contribution is 2.29. The van der Waals surface area contributed by atoms with Crippen LogP contribution in [0.5, 0.6) is 0 Å². The highest BCUT2D eigenvalue weighted by Gasteiger charge is 2.30. The van der Waals surface area contributed by atoms with Crippen LogP contribution in [-0.2, 0) is 25.6 Å². The summed E-state index contributed by atoms with van der Waals surface area (Å²) in [6.45, 7) is 2.66. The van der Waals surface area contributed by atoms with Gasteiger partial charge < -0.3 is 15.1 Å². The Morgan fingerprint density at radius 3 is 2.45 bits per heavy atom. The van der Waals surface area contributed by atoms with Crippen LogP contribution in [0, 0.1) is 11.3 Å². The van der Waals surface area contributed by atoms with Gasteiger partial charge in [0.25, 0.3) is 11.5 Å². The second-order valence-electron chi connectivity index (χ2n) is 8.42. The van der Waals surface area contributed by atoms with Gasteiger partial charge in [-0.1, -0.05) is 12.1 Å². The Morgan fingerprint density at radius 1 is 1.16 bits per heavy atom. The van der Waals surface area contributed by atoms with Crippen molar-refractivity contribution in [2.24, 2.45) is 0 Å². The van der Waals surface area contributed by atoms with Crippen LogP contribution in [0.4, 0.5) is 19.1 Å². The molecule has 3 aromatic rings. The number of hydrogen-bond donors (Lipinski definition) is 1. The number of nitrogens with one attached hydrogen (secondary N) is 1. The molecule has 0 spiro atoms. The molecule has 0 fully saturated rings. The van der Waals surface area contributed by atoms with E-state index in [0.717, 1.165) is 16.9 Å². The maximum Gasteiger partial charge on any atom is 0.416 e. The summed E-state index contributed by atoms with van der Waals surface area (Å²) >= 11 is 0. The Bertz CT molecular complexity index is 1380. The third-order valence-electron chi connectivity index (χ3n) is 5.98. The second kappa shape index (κ2) is 12.0. The molecule has 0 unspecified atom stereocenters. The maximum absolute atomic E-state index is 13.3. The Hall–Kier alpha value is -4.04. The predicted molar refractivity (Wildman–Crippen MR) is 136 cm³/mol. The molecule has 12 heteroatoms. The van der Waals surface area contributed by atoms with Crippen molar-refractivity contribution in [3.8, 4) is 6.07 Å². The van der Waals surface area contributed by atoms with Gasteiger partial charge in [-0.15, -0.1) is 17.1 Å². The lowest BCUT2D eigenvalue weighted by atomic mass is 10.0. The van der Waals surface area contributed by atoms with Gasteiger partial charge in [0.15, 0.2) is 0 Å². The zero-order valence-corrected chi connectivity index (χ0v) is 21.2. The summed E-state index contributed by atoms with van der Waals surface area (Å²) in [6.07, 6.45) is -3.61. The molecule has 0 saturated heterocycles. The molecule has 2 aromatic carbocycles. The van der Waals surface area contributed by atoms with Crippen molar-refractivity contribution in [2.45, 2.75) is 32.5 Å². The van der Waals surface area contributed by atoms with Crippen molar-refractivity contribution in [3.05, 3.63) is 92.4 Å². The van der Waals surface area contributed by atoms with E-state index in [1.54, 1.807) is 36.1 Å². The number of aromatic nitrogens is 2. The monoisotopic (exact) mass is 547 g/mol. The van der Waals surface area contributed by atoms with E-state index in [4.69, 9.17) is 10.1 Å². The van der Waals surface area contributed by atoms with Gasteiger partial charge in [-0.3, -0.25) is 9.59 Å². The Balaban J connectivity index is 0.00000400. The molecule has 0 radical (unpaired) electrons. The zero-order valence-electron chi connectivity index (χ0n) is 20.4.